The third-order valence-electron chi connectivity index (χ3n) is 6.45. The van der Waals surface area contributed by atoms with Crippen molar-refractivity contribution in [3.63, 3.8) is 0 Å². The van der Waals surface area contributed by atoms with Crippen molar-refractivity contribution >= 4 is 39.3 Å². The minimum Gasteiger partial charge on any atom is -0.323 e. The summed E-state index contributed by atoms with van der Waals surface area (Å²) < 4.78 is 0.874. The highest BCUT2D eigenvalue weighted by atomic mass is 79.9. The molecule has 2 aromatic carbocycles. The Morgan fingerprint density at radius 1 is 1.00 bits per heavy atom. The van der Waals surface area contributed by atoms with Gasteiger partial charge in [-0.05, 0) is 49.6 Å². The van der Waals surface area contributed by atoms with E-state index in [-0.39, 0.29) is 36.1 Å². The maximum atomic E-state index is 13.7. The number of hydrogen-bond donors (Lipinski definition) is 0. The summed E-state index contributed by atoms with van der Waals surface area (Å²) in [5, 5.41) is 0. The minimum absolute atomic E-state index is 0.000130. The standard InChI is InChI=1S/C25H27BrN2O3/c1-17(18-8-4-2-5-9-18)27(24(30)19-10-6-3-7-11-19)22-16-23(29)28(25(22)31)21-14-12-20(26)13-15-21/h2,4-5,8-9,12-15,17,19,22H,3,6-7,10-11,16H2,1H3. The molecule has 1 saturated carbocycles. The molecule has 1 aliphatic heterocycles. The van der Waals surface area contributed by atoms with E-state index in [9.17, 15) is 14.4 Å². The molecule has 2 fully saturated rings. The fourth-order valence-electron chi connectivity index (χ4n) is 4.76. The second-order valence-electron chi connectivity index (χ2n) is 8.43. The van der Waals surface area contributed by atoms with Crippen LogP contribution in [0, 0.1) is 5.92 Å². The lowest BCUT2D eigenvalue weighted by Crippen LogP contribution is -2.49. The second kappa shape index (κ2) is 9.35. The highest BCUT2D eigenvalue weighted by molar-refractivity contribution is 9.10. The zero-order chi connectivity index (χ0) is 22.0. The number of halogens is 1. The summed E-state index contributed by atoms with van der Waals surface area (Å²) in [7, 11) is 0. The van der Waals surface area contributed by atoms with Crippen LogP contribution in [0.2, 0.25) is 0 Å². The van der Waals surface area contributed by atoms with Gasteiger partial charge in [-0.1, -0.05) is 65.5 Å². The van der Waals surface area contributed by atoms with Gasteiger partial charge in [0.1, 0.15) is 6.04 Å². The quantitative estimate of drug-likeness (QED) is 0.546. The van der Waals surface area contributed by atoms with Crippen LogP contribution in [0.15, 0.2) is 59.1 Å². The van der Waals surface area contributed by atoms with Gasteiger partial charge in [-0.15, -0.1) is 0 Å². The Hall–Kier alpha value is -2.47. The lowest BCUT2D eigenvalue weighted by molar-refractivity contribution is -0.145. The first-order valence-corrected chi connectivity index (χ1v) is 11.8. The molecule has 4 rings (SSSR count). The zero-order valence-electron chi connectivity index (χ0n) is 17.7. The van der Waals surface area contributed by atoms with Gasteiger partial charge in [0.05, 0.1) is 18.2 Å². The summed E-state index contributed by atoms with van der Waals surface area (Å²) in [6, 6.07) is 15.8. The number of nitrogens with zero attached hydrogens (tertiary/aromatic N) is 2. The van der Waals surface area contributed by atoms with Crippen molar-refractivity contribution in [2.75, 3.05) is 4.90 Å². The topological polar surface area (TPSA) is 57.7 Å². The molecule has 31 heavy (non-hydrogen) atoms. The van der Waals surface area contributed by atoms with Gasteiger partial charge in [0, 0.05) is 10.4 Å². The molecule has 2 aliphatic rings. The predicted molar refractivity (Wildman–Crippen MR) is 123 cm³/mol. The molecule has 2 unspecified atom stereocenters. The Balaban J connectivity index is 1.67. The van der Waals surface area contributed by atoms with Crippen molar-refractivity contribution < 1.29 is 14.4 Å². The second-order valence-corrected chi connectivity index (χ2v) is 9.35. The van der Waals surface area contributed by atoms with E-state index in [1.807, 2.05) is 37.3 Å². The maximum absolute atomic E-state index is 13.7. The summed E-state index contributed by atoms with van der Waals surface area (Å²) >= 11 is 3.39. The van der Waals surface area contributed by atoms with E-state index in [1.165, 1.54) is 4.90 Å². The molecule has 162 valence electrons. The molecule has 0 N–H and O–H groups in total. The van der Waals surface area contributed by atoms with Crippen molar-refractivity contribution in [1.82, 2.24) is 4.90 Å². The van der Waals surface area contributed by atoms with E-state index in [4.69, 9.17) is 0 Å². The molecule has 1 saturated heterocycles. The number of imide groups is 1. The summed E-state index contributed by atoms with van der Waals surface area (Å²) in [5.41, 5.74) is 1.51. The number of carbonyl (C=O) groups is 3. The van der Waals surface area contributed by atoms with Gasteiger partial charge in [0.2, 0.25) is 11.8 Å². The monoisotopic (exact) mass is 482 g/mol. The minimum atomic E-state index is -0.777. The average Bonchev–Trinajstić information content (AvgIpc) is 3.09. The average molecular weight is 483 g/mol. The summed E-state index contributed by atoms with van der Waals surface area (Å²) in [5.74, 6) is -0.664. The number of rotatable bonds is 5. The van der Waals surface area contributed by atoms with Crippen LogP contribution >= 0.6 is 15.9 Å². The predicted octanol–water partition coefficient (Wildman–Crippen LogP) is 5.25. The lowest BCUT2D eigenvalue weighted by atomic mass is 9.87. The first-order chi connectivity index (χ1) is 15.0. The SMILES string of the molecule is CC(c1ccccc1)N(C(=O)C1CCCCC1)C1CC(=O)N(c2ccc(Br)cc2)C1=O. The van der Waals surface area contributed by atoms with Crippen LogP contribution in [-0.4, -0.2) is 28.7 Å². The van der Waals surface area contributed by atoms with Crippen LogP contribution in [-0.2, 0) is 14.4 Å². The highest BCUT2D eigenvalue weighted by Crippen LogP contribution is 2.35. The molecular formula is C25H27BrN2O3. The fourth-order valence-corrected chi connectivity index (χ4v) is 5.03. The van der Waals surface area contributed by atoms with Crippen LogP contribution in [0.25, 0.3) is 0 Å². The van der Waals surface area contributed by atoms with Crippen molar-refractivity contribution in [2.24, 2.45) is 5.92 Å². The molecule has 2 atom stereocenters. The molecule has 2 aromatic rings. The molecule has 0 bridgehead atoms. The zero-order valence-corrected chi connectivity index (χ0v) is 19.3. The number of amides is 3. The van der Waals surface area contributed by atoms with Crippen LogP contribution < -0.4 is 4.90 Å². The van der Waals surface area contributed by atoms with Crippen LogP contribution in [0.4, 0.5) is 5.69 Å². The number of anilines is 1. The van der Waals surface area contributed by atoms with Crippen molar-refractivity contribution in [1.29, 1.82) is 0 Å². The van der Waals surface area contributed by atoms with Gasteiger partial charge in [-0.2, -0.15) is 0 Å². The number of benzene rings is 2. The molecule has 1 aliphatic carbocycles. The van der Waals surface area contributed by atoms with Gasteiger partial charge < -0.3 is 4.90 Å². The van der Waals surface area contributed by atoms with E-state index in [2.05, 4.69) is 15.9 Å². The first kappa shape index (κ1) is 21.8. The van der Waals surface area contributed by atoms with Crippen LogP contribution in [0.5, 0.6) is 0 Å². The van der Waals surface area contributed by atoms with Gasteiger partial charge in [-0.3, -0.25) is 14.4 Å². The Morgan fingerprint density at radius 3 is 2.29 bits per heavy atom. The van der Waals surface area contributed by atoms with Gasteiger partial charge in [-0.25, -0.2) is 4.90 Å². The first-order valence-electron chi connectivity index (χ1n) is 11.0. The van der Waals surface area contributed by atoms with E-state index >= 15 is 0 Å². The van der Waals surface area contributed by atoms with E-state index in [1.54, 1.807) is 29.2 Å². The van der Waals surface area contributed by atoms with E-state index < -0.39 is 6.04 Å². The molecule has 1 heterocycles. The molecule has 6 heteroatoms. The van der Waals surface area contributed by atoms with E-state index in [0.29, 0.717) is 5.69 Å². The Kier molecular flexibility index (Phi) is 6.56. The van der Waals surface area contributed by atoms with E-state index in [0.717, 1.165) is 42.1 Å². The van der Waals surface area contributed by atoms with Gasteiger partial charge in [0.15, 0.2) is 0 Å². The molecule has 0 aromatic heterocycles. The summed E-state index contributed by atoms with van der Waals surface area (Å²) in [4.78, 5) is 43.0. The van der Waals surface area contributed by atoms with Crippen LogP contribution in [0.3, 0.4) is 0 Å². The normalized spacial score (nSPS) is 20.7. The number of hydrogen-bond acceptors (Lipinski definition) is 3. The Labute approximate surface area is 191 Å². The molecule has 0 radical (unpaired) electrons. The lowest BCUT2D eigenvalue weighted by Gasteiger charge is -2.37. The number of carbonyl (C=O) groups excluding carboxylic acids is 3. The Morgan fingerprint density at radius 2 is 1.65 bits per heavy atom. The smallest absolute Gasteiger partial charge is 0.257 e. The Bertz CT molecular complexity index is 954. The summed E-state index contributed by atoms with van der Waals surface area (Å²) in [6.07, 6.45) is 4.93. The molecule has 3 amide bonds. The van der Waals surface area contributed by atoms with Gasteiger partial charge >= 0.3 is 0 Å². The van der Waals surface area contributed by atoms with Crippen molar-refractivity contribution in [3.8, 4) is 0 Å². The maximum Gasteiger partial charge on any atom is 0.257 e. The van der Waals surface area contributed by atoms with Crippen molar-refractivity contribution in [3.05, 3.63) is 64.6 Å². The van der Waals surface area contributed by atoms with Crippen molar-refractivity contribution in [2.45, 2.75) is 57.5 Å². The third kappa shape index (κ3) is 4.45. The summed E-state index contributed by atoms with van der Waals surface area (Å²) in [6.45, 7) is 1.95. The largest absolute Gasteiger partial charge is 0.323 e. The molecular weight excluding hydrogens is 456 g/mol. The highest BCUT2D eigenvalue weighted by Gasteiger charge is 2.47. The third-order valence-corrected chi connectivity index (χ3v) is 6.98. The molecule has 5 nitrogen and oxygen atoms in total. The molecule has 0 spiro atoms. The van der Waals surface area contributed by atoms with Crippen LogP contribution in [0.1, 0.15) is 57.1 Å². The fraction of sp³-hybridized carbons (Fsp3) is 0.400. The van der Waals surface area contributed by atoms with Gasteiger partial charge in [0.25, 0.3) is 5.91 Å².